The molecule has 0 amide bonds. The molecule has 2 rings (SSSR count). The molecule has 1 heterocycles. The van der Waals surface area contributed by atoms with Crippen LogP contribution in [0.25, 0.3) is 0 Å². The Morgan fingerprint density at radius 1 is 1.15 bits per heavy atom. The summed E-state index contributed by atoms with van der Waals surface area (Å²) in [5.41, 5.74) is 3.83. The van der Waals surface area contributed by atoms with Gasteiger partial charge in [-0.25, -0.2) is 0 Å². The number of nitrogens with zero attached hydrogens (tertiary/aromatic N) is 1. The van der Waals surface area contributed by atoms with E-state index in [2.05, 4.69) is 74.4 Å². The third kappa shape index (κ3) is 3.83. The molecule has 1 atom stereocenters. The standard InChI is InChI=1S/C18H24N2/c1-14-10-17(13-19-12-14)20-15(2)11-18(3,4)16-8-6-5-7-9-16/h5-10,12-13,15,20H,11H2,1-4H3. The Bertz CT molecular complexity index is 546. The van der Waals surface area contributed by atoms with Crippen LogP contribution in [0.2, 0.25) is 0 Å². The second-order valence-electron chi connectivity index (χ2n) is 6.25. The van der Waals surface area contributed by atoms with Gasteiger partial charge in [0.05, 0.1) is 5.69 Å². The number of benzene rings is 1. The minimum absolute atomic E-state index is 0.158. The van der Waals surface area contributed by atoms with Crippen LogP contribution in [0.15, 0.2) is 48.8 Å². The molecule has 0 radical (unpaired) electrons. The topological polar surface area (TPSA) is 24.9 Å². The van der Waals surface area contributed by atoms with Gasteiger partial charge in [-0.3, -0.25) is 4.98 Å². The lowest BCUT2D eigenvalue weighted by molar-refractivity contribution is 0.450. The van der Waals surface area contributed by atoms with Crippen molar-refractivity contribution >= 4 is 5.69 Å². The number of hydrogen-bond acceptors (Lipinski definition) is 2. The highest BCUT2D eigenvalue weighted by Crippen LogP contribution is 2.29. The lowest BCUT2D eigenvalue weighted by atomic mass is 9.79. The Hall–Kier alpha value is -1.83. The van der Waals surface area contributed by atoms with Crippen molar-refractivity contribution in [1.82, 2.24) is 4.98 Å². The monoisotopic (exact) mass is 268 g/mol. The molecular weight excluding hydrogens is 244 g/mol. The molecule has 20 heavy (non-hydrogen) atoms. The summed E-state index contributed by atoms with van der Waals surface area (Å²) in [5.74, 6) is 0. The van der Waals surface area contributed by atoms with Gasteiger partial charge in [0, 0.05) is 18.4 Å². The van der Waals surface area contributed by atoms with Crippen molar-refractivity contribution in [2.75, 3.05) is 5.32 Å². The number of rotatable bonds is 5. The molecule has 0 aliphatic carbocycles. The zero-order chi connectivity index (χ0) is 14.6. The Kier molecular flexibility index (Phi) is 4.43. The van der Waals surface area contributed by atoms with Crippen molar-refractivity contribution in [3.8, 4) is 0 Å². The average Bonchev–Trinajstić information content (AvgIpc) is 2.39. The van der Waals surface area contributed by atoms with Crippen molar-refractivity contribution in [2.24, 2.45) is 0 Å². The quantitative estimate of drug-likeness (QED) is 0.860. The van der Waals surface area contributed by atoms with Crippen LogP contribution < -0.4 is 5.32 Å². The van der Waals surface area contributed by atoms with E-state index < -0.39 is 0 Å². The fraction of sp³-hybridized carbons (Fsp3) is 0.389. The largest absolute Gasteiger partial charge is 0.381 e. The van der Waals surface area contributed by atoms with Crippen LogP contribution in [-0.2, 0) is 5.41 Å². The van der Waals surface area contributed by atoms with Crippen molar-refractivity contribution in [3.63, 3.8) is 0 Å². The Labute approximate surface area is 122 Å². The number of anilines is 1. The van der Waals surface area contributed by atoms with Crippen LogP contribution in [0.1, 0.15) is 38.3 Å². The van der Waals surface area contributed by atoms with Gasteiger partial charge in [-0.05, 0) is 42.9 Å². The SMILES string of the molecule is Cc1cncc(NC(C)CC(C)(C)c2ccccc2)c1. The summed E-state index contributed by atoms with van der Waals surface area (Å²) in [6, 6.07) is 13.2. The molecule has 2 nitrogen and oxygen atoms in total. The second-order valence-corrected chi connectivity index (χ2v) is 6.25. The fourth-order valence-electron chi connectivity index (χ4n) is 2.74. The molecule has 0 aliphatic rings. The van der Waals surface area contributed by atoms with E-state index in [0.717, 1.165) is 12.1 Å². The first kappa shape index (κ1) is 14.6. The molecule has 1 unspecified atom stereocenters. The molecule has 1 N–H and O–H groups in total. The van der Waals surface area contributed by atoms with Crippen LogP contribution in [0, 0.1) is 6.92 Å². The van der Waals surface area contributed by atoms with Gasteiger partial charge in [-0.2, -0.15) is 0 Å². The molecular formula is C18H24N2. The van der Waals surface area contributed by atoms with E-state index >= 15 is 0 Å². The first-order valence-electron chi connectivity index (χ1n) is 7.21. The number of aryl methyl sites for hydroxylation is 1. The normalized spacial score (nSPS) is 13.0. The Morgan fingerprint density at radius 3 is 2.50 bits per heavy atom. The number of pyridine rings is 1. The highest BCUT2D eigenvalue weighted by Gasteiger charge is 2.23. The highest BCUT2D eigenvalue weighted by molar-refractivity contribution is 5.43. The molecule has 106 valence electrons. The van der Waals surface area contributed by atoms with Crippen LogP contribution in [0.5, 0.6) is 0 Å². The van der Waals surface area contributed by atoms with Gasteiger partial charge in [0.2, 0.25) is 0 Å². The van der Waals surface area contributed by atoms with Gasteiger partial charge in [-0.1, -0.05) is 44.2 Å². The van der Waals surface area contributed by atoms with Gasteiger partial charge in [0.15, 0.2) is 0 Å². The maximum Gasteiger partial charge on any atom is 0.0531 e. The van der Waals surface area contributed by atoms with Gasteiger partial charge in [0.1, 0.15) is 0 Å². The molecule has 2 aromatic rings. The summed E-state index contributed by atoms with van der Waals surface area (Å²) in [7, 11) is 0. The molecule has 0 saturated carbocycles. The number of nitrogens with one attached hydrogen (secondary N) is 1. The summed E-state index contributed by atoms with van der Waals surface area (Å²) in [6.07, 6.45) is 4.84. The summed E-state index contributed by atoms with van der Waals surface area (Å²) < 4.78 is 0. The fourth-order valence-corrected chi connectivity index (χ4v) is 2.74. The van der Waals surface area contributed by atoms with Crippen molar-refractivity contribution in [3.05, 3.63) is 59.9 Å². The van der Waals surface area contributed by atoms with Crippen LogP contribution in [0.3, 0.4) is 0 Å². The third-order valence-corrected chi connectivity index (χ3v) is 3.66. The smallest absolute Gasteiger partial charge is 0.0531 e. The van der Waals surface area contributed by atoms with Gasteiger partial charge >= 0.3 is 0 Å². The maximum absolute atomic E-state index is 4.23. The molecule has 1 aromatic heterocycles. The number of aromatic nitrogens is 1. The van der Waals surface area contributed by atoms with Gasteiger partial charge in [0.25, 0.3) is 0 Å². The molecule has 1 aromatic carbocycles. The Balaban J connectivity index is 2.02. The van der Waals surface area contributed by atoms with E-state index in [0.29, 0.717) is 6.04 Å². The minimum Gasteiger partial charge on any atom is -0.381 e. The maximum atomic E-state index is 4.23. The van der Waals surface area contributed by atoms with Gasteiger partial charge in [-0.15, -0.1) is 0 Å². The summed E-state index contributed by atoms with van der Waals surface area (Å²) in [6.45, 7) is 8.90. The lowest BCUT2D eigenvalue weighted by Gasteiger charge is -2.29. The van der Waals surface area contributed by atoms with Crippen LogP contribution in [0.4, 0.5) is 5.69 Å². The predicted molar refractivity (Wildman–Crippen MR) is 86.1 cm³/mol. The van der Waals surface area contributed by atoms with Crippen molar-refractivity contribution in [2.45, 2.75) is 45.6 Å². The predicted octanol–water partition coefficient (Wildman–Crippen LogP) is 4.56. The first-order valence-corrected chi connectivity index (χ1v) is 7.21. The highest BCUT2D eigenvalue weighted by atomic mass is 14.9. The minimum atomic E-state index is 0.158. The zero-order valence-corrected chi connectivity index (χ0v) is 12.9. The number of hydrogen-bond donors (Lipinski definition) is 1. The van der Waals surface area contributed by atoms with E-state index in [1.54, 1.807) is 0 Å². The van der Waals surface area contributed by atoms with Crippen molar-refractivity contribution in [1.29, 1.82) is 0 Å². The lowest BCUT2D eigenvalue weighted by Crippen LogP contribution is -2.27. The average molecular weight is 268 g/mol. The van der Waals surface area contributed by atoms with Crippen molar-refractivity contribution < 1.29 is 0 Å². The summed E-state index contributed by atoms with van der Waals surface area (Å²) in [5, 5.41) is 3.55. The summed E-state index contributed by atoms with van der Waals surface area (Å²) in [4.78, 5) is 4.23. The summed E-state index contributed by atoms with van der Waals surface area (Å²) >= 11 is 0. The van der Waals surface area contributed by atoms with Crippen LogP contribution in [-0.4, -0.2) is 11.0 Å². The molecule has 2 heteroatoms. The first-order chi connectivity index (χ1) is 9.47. The molecule has 0 fully saturated rings. The second kappa shape index (κ2) is 6.08. The molecule has 0 saturated heterocycles. The molecule has 0 aliphatic heterocycles. The molecule has 0 bridgehead atoms. The molecule has 0 spiro atoms. The Morgan fingerprint density at radius 2 is 1.85 bits per heavy atom. The van der Waals surface area contributed by atoms with E-state index in [9.17, 15) is 0 Å². The zero-order valence-electron chi connectivity index (χ0n) is 12.9. The van der Waals surface area contributed by atoms with Crippen LogP contribution >= 0.6 is 0 Å². The van der Waals surface area contributed by atoms with E-state index in [1.165, 1.54) is 11.1 Å². The van der Waals surface area contributed by atoms with Gasteiger partial charge < -0.3 is 5.32 Å². The van der Waals surface area contributed by atoms with E-state index in [1.807, 2.05) is 12.4 Å². The van der Waals surface area contributed by atoms with E-state index in [4.69, 9.17) is 0 Å². The van der Waals surface area contributed by atoms with E-state index in [-0.39, 0.29) is 5.41 Å². The third-order valence-electron chi connectivity index (χ3n) is 3.66.